The number of aliphatic hydroxyl groups excluding tert-OH is 2. The Morgan fingerprint density at radius 1 is 1.14 bits per heavy atom. The Morgan fingerprint density at radius 3 is 2.49 bits per heavy atom. The number of hydrogen-bond acceptors (Lipinski definition) is 7. The number of nitrogens with one attached hydrogen (secondary N) is 2. The van der Waals surface area contributed by atoms with Crippen molar-refractivity contribution in [2.75, 3.05) is 18.9 Å². The minimum absolute atomic E-state index is 0.224. The van der Waals surface area contributed by atoms with Gasteiger partial charge in [-0.15, -0.1) is 5.10 Å². The fourth-order valence-corrected chi connectivity index (χ4v) is 3.83. The van der Waals surface area contributed by atoms with E-state index in [1.807, 2.05) is 74.3 Å². The van der Waals surface area contributed by atoms with Gasteiger partial charge in [0.1, 0.15) is 0 Å². The Bertz CT molecular complexity index is 1110. The smallest absolute Gasteiger partial charge is 0.319 e. The van der Waals surface area contributed by atoms with Crippen molar-refractivity contribution >= 4 is 11.7 Å². The number of hydrogen-bond donors (Lipinski definition) is 4. The lowest BCUT2D eigenvalue weighted by Crippen LogP contribution is -2.49. The van der Waals surface area contributed by atoms with Crippen molar-refractivity contribution in [3.63, 3.8) is 0 Å². The van der Waals surface area contributed by atoms with Crippen molar-refractivity contribution in [3.8, 4) is 11.4 Å². The van der Waals surface area contributed by atoms with E-state index in [0.717, 1.165) is 23.1 Å². The van der Waals surface area contributed by atoms with Crippen LogP contribution in [0.4, 0.5) is 10.5 Å². The van der Waals surface area contributed by atoms with Crippen LogP contribution in [0.2, 0.25) is 0 Å². The third-order valence-corrected chi connectivity index (χ3v) is 6.24. The number of urea groups is 1. The van der Waals surface area contributed by atoms with Gasteiger partial charge < -0.3 is 20.8 Å². The molecule has 4 atom stereocenters. The standard InChI is InChI=1S/C25H35N7O3/c1-6-18-12-20(24-28-29-30-32(24)5)14-21(13-18)27-25(35)26-16(2)22(33)15-31(4)17(3)23(34)19-10-8-7-9-11-19/h7-14,16-17,22-23,33-34H,6,15H2,1-5H3,(H2,26,27,35)/t16-,17+,22+,23-/m1/s1. The van der Waals surface area contributed by atoms with Crippen LogP contribution >= 0.6 is 0 Å². The van der Waals surface area contributed by atoms with Crippen molar-refractivity contribution in [2.24, 2.45) is 7.05 Å². The second-order valence-corrected chi connectivity index (χ2v) is 8.89. The van der Waals surface area contributed by atoms with Gasteiger partial charge in [-0.3, -0.25) is 4.90 Å². The first-order valence-electron chi connectivity index (χ1n) is 11.7. The molecule has 1 aromatic heterocycles. The van der Waals surface area contributed by atoms with Crippen molar-refractivity contribution in [2.45, 2.75) is 51.5 Å². The van der Waals surface area contributed by atoms with Gasteiger partial charge in [-0.2, -0.15) is 0 Å². The Hall–Kier alpha value is -3.34. The van der Waals surface area contributed by atoms with Gasteiger partial charge in [0.15, 0.2) is 5.82 Å². The van der Waals surface area contributed by atoms with Gasteiger partial charge in [-0.25, -0.2) is 9.48 Å². The van der Waals surface area contributed by atoms with Crippen LogP contribution in [-0.4, -0.2) is 73.1 Å². The average molecular weight is 482 g/mol. The maximum Gasteiger partial charge on any atom is 0.319 e. The molecule has 3 rings (SSSR count). The van der Waals surface area contributed by atoms with Crippen LogP contribution in [0.1, 0.15) is 38.0 Å². The molecule has 188 valence electrons. The second-order valence-electron chi connectivity index (χ2n) is 8.89. The molecule has 4 N–H and O–H groups in total. The minimum Gasteiger partial charge on any atom is -0.390 e. The Labute approximate surface area is 206 Å². The van der Waals surface area contributed by atoms with E-state index in [0.29, 0.717) is 11.5 Å². The molecule has 3 aromatic rings. The van der Waals surface area contributed by atoms with E-state index in [2.05, 4.69) is 26.2 Å². The highest BCUT2D eigenvalue weighted by Crippen LogP contribution is 2.23. The topological polar surface area (TPSA) is 128 Å². The summed E-state index contributed by atoms with van der Waals surface area (Å²) in [6.45, 7) is 5.96. The van der Waals surface area contributed by atoms with Crippen LogP contribution in [0.3, 0.4) is 0 Å². The van der Waals surface area contributed by atoms with Crippen LogP contribution in [0.25, 0.3) is 11.4 Å². The molecule has 35 heavy (non-hydrogen) atoms. The number of amides is 2. The zero-order valence-corrected chi connectivity index (χ0v) is 20.9. The number of benzene rings is 2. The summed E-state index contributed by atoms with van der Waals surface area (Å²) in [5.41, 5.74) is 3.25. The summed E-state index contributed by atoms with van der Waals surface area (Å²) >= 11 is 0. The maximum atomic E-state index is 12.7. The summed E-state index contributed by atoms with van der Waals surface area (Å²) in [6, 6.07) is 13.9. The molecule has 0 aliphatic carbocycles. The SMILES string of the molecule is CCc1cc(NC(=O)N[C@H](C)[C@@H](O)CN(C)[C@@H](C)[C@@H](O)c2ccccc2)cc(-c2nnnn2C)c1. The highest BCUT2D eigenvalue weighted by molar-refractivity contribution is 5.90. The van der Waals surface area contributed by atoms with Crippen LogP contribution in [0, 0.1) is 0 Å². The number of carbonyl (C=O) groups is 1. The van der Waals surface area contributed by atoms with E-state index in [-0.39, 0.29) is 12.6 Å². The Morgan fingerprint density at radius 2 is 1.86 bits per heavy atom. The molecule has 0 spiro atoms. The van der Waals surface area contributed by atoms with Crippen LogP contribution in [0.15, 0.2) is 48.5 Å². The number of nitrogens with zero attached hydrogens (tertiary/aromatic N) is 5. The molecule has 1 heterocycles. The number of rotatable bonds is 10. The van der Waals surface area contributed by atoms with Crippen molar-refractivity contribution in [1.29, 1.82) is 0 Å². The number of anilines is 1. The Balaban J connectivity index is 1.58. The molecule has 10 heteroatoms. The number of likely N-dealkylation sites (N-methyl/N-ethyl adjacent to an activating group) is 1. The zero-order chi connectivity index (χ0) is 25.5. The predicted molar refractivity (Wildman–Crippen MR) is 135 cm³/mol. The molecule has 0 unspecified atom stereocenters. The first-order chi connectivity index (χ1) is 16.7. The highest BCUT2D eigenvalue weighted by Gasteiger charge is 2.25. The molecule has 0 saturated carbocycles. The number of aliphatic hydroxyl groups is 2. The predicted octanol–water partition coefficient (Wildman–Crippen LogP) is 2.36. The number of tetrazole rings is 1. The molecule has 2 aromatic carbocycles. The van der Waals surface area contributed by atoms with Crippen molar-refractivity contribution in [1.82, 2.24) is 30.4 Å². The number of carbonyl (C=O) groups excluding carboxylic acids is 1. The lowest BCUT2D eigenvalue weighted by Gasteiger charge is -2.32. The van der Waals surface area contributed by atoms with E-state index in [4.69, 9.17) is 0 Å². The highest BCUT2D eigenvalue weighted by atomic mass is 16.3. The largest absolute Gasteiger partial charge is 0.390 e. The van der Waals surface area contributed by atoms with E-state index in [9.17, 15) is 15.0 Å². The Kier molecular flexibility index (Phi) is 8.91. The lowest BCUT2D eigenvalue weighted by atomic mass is 10.0. The van der Waals surface area contributed by atoms with E-state index in [1.54, 1.807) is 18.7 Å². The summed E-state index contributed by atoms with van der Waals surface area (Å²) < 4.78 is 1.57. The van der Waals surface area contributed by atoms with Crippen LogP contribution in [0.5, 0.6) is 0 Å². The second kappa shape index (κ2) is 11.9. The van der Waals surface area contributed by atoms with Gasteiger partial charge in [0.05, 0.1) is 18.2 Å². The van der Waals surface area contributed by atoms with Gasteiger partial charge in [-0.1, -0.05) is 37.3 Å². The fourth-order valence-electron chi connectivity index (χ4n) is 3.83. The minimum atomic E-state index is -0.835. The molecule has 0 fully saturated rings. The molecule has 0 saturated heterocycles. The maximum absolute atomic E-state index is 12.7. The van der Waals surface area contributed by atoms with Gasteiger partial charge in [-0.05, 0) is 67.1 Å². The van der Waals surface area contributed by atoms with Crippen molar-refractivity contribution < 1.29 is 15.0 Å². The van der Waals surface area contributed by atoms with Crippen molar-refractivity contribution in [3.05, 3.63) is 59.7 Å². The van der Waals surface area contributed by atoms with E-state index < -0.39 is 24.3 Å². The molecule has 0 aliphatic heterocycles. The van der Waals surface area contributed by atoms with Gasteiger partial charge in [0.2, 0.25) is 0 Å². The van der Waals surface area contributed by atoms with E-state index >= 15 is 0 Å². The summed E-state index contributed by atoms with van der Waals surface area (Å²) in [7, 11) is 3.60. The molecule has 0 radical (unpaired) electrons. The first-order valence-corrected chi connectivity index (χ1v) is 11.7. The third kappa shape index (κ3) is 6.84. The monoisotopic (exact) mass is 481 g/mol. The molecular formula is C25H35N7O3. The van der Waals surface area contributed by atoms with E-state index in [1.165, 1.54) is 0 Å². The summed E-state index contributed by atoms with van der Waals surface area (Å²) in [5, 5.41) is 38.6. The average Bonchev–Trinajstić information content (AvgIpc) is 3.28. The molecule has 2 amide bonds. The number of aryl methyl sites for hydroxylation is 2. The van der Waals surface area contributed by atoms with Crippen LogP contribution < -0.4 is 10.6 Å². The summed E-state index contributed by atoms with van der Waals surface area (Å²) in [5.74, 6) is 0.599. The summed E-state index contributed by atoms with van der Waals surface area (Å²) in [6.07, 6.45) is -0.744. The molecular weight excluding hydrogens is 446 g/mol. The van der Waals surface area contributed by atoms with Gasteiger partial charge >= 0.3 is 6.03 Å². The van der Waals surface area contributed by atoms with Crippen LogP contribution in [-0.2, 0) is 13.5 Å². The zero-order valence-electron chi connectivity index (χ0n) is 20.9. The fraction of sp³-hybridized carbons (Fsp3) is 0.440. The number of aromatic nitrogens is 4. The third-order valence-electron chi connectivity index (χ3n) is 6.24. The van der Waals surface area contributed by atoms with Gasteiger partial charge in [0, 0.05) is 30.9 Å². The quantitative estimate of drug-likeness (QED) is 0.350. The molecule has 0 aliphatic rings. The lowest BCUT2D eigenvalue weighted by molar-refractivity contribution is 0.0332. The molecule has 0 bridgehead atoms. The first kappa shape index (κ1) is 26.3. The van der Waals surface area contributed by atoms with Gasteiger partial charge in [0.25, 0.3) is 0 Å². The normalized spacial score (nSPS) is 14.9. The summed E-state index contributed by atoms with van der Waals surface area (Å²) in [4.78, 5) is 14.6. The molecule has 10 nitrogen and oxygen atoms in total.